The molecular formula is C30H29FO12. The Bertz CT molecular complexity index is 1570. The summed E-state index contributed by atoms with van der Waals surface area (Å²) in [6.45, 7) is 4.60. The SMILES string of the molecule is CC(=O)OC1C(C)OC(O[C@@H]2C[C@](O)(C(C)=O)Cc3c(O)c4c(c(O)c32)C(=O)c2ccccc2C4=O)C(F)C1OC(C)=O. The maximum Gasteiger partial charge on any atom is 0.303 e. The first kappa shape index (κ1) is 30.3. The van der Waals surface area contributed by atoms with Crippen molar-refractivity contribution in [2.45, 2.75) is 83.0 Å². The largest absolute Gasteiger partial charge is 0.507 e. The first-order valence-corrected chi connectivity index (χ1v) is 13.5. The fourth-order valence-electron chi connectivity index (χ4n) is 5.98. The molecule has 2 aromatic carbocycles. The predicted octanol–water partition coefficient (Wildman–Crippen LogP) is 2.14. The number of ketones is 3. The zero-order valence-electron chi connectivity index (χ0n) is 23.6. The number of carbonyl (C=O) groups excluding carboxylic acids is 5. The van der Waals surface area contributed by atoms with Gasteiger partial charge in [-0.05, 0) is 13.8 Å². The molecule has 3 aliphatic rings. The number of hydrogen-bond donors (Lipinski definition) is 3. The molecule has 0 bridgehead atoms. The summed E-state index contributed by atoms with van der Waals surface area (Å²) in [5, 5.41) is 34.1. The van der Waals surface area contributed by atoms with E-state index in [-0.39, 0.29) is 22.3 Å². The summed E-state index contributed by atoms with van der Waals surface area (Å²) in [7, 11) is 0. The molecule has 7 atom stereocenters. The molecule has 0 aromatic heterocycles. The maximum absolute atomic E-state index is 15.9. The molecule has 228 valence electrons. The van der Waals surface area contributed by atoms with Crippen molar-refractivity contribution in [1.29, 1.82) is 0 Å². The third kappa shape index (κ3) is 4.96. The van der Waals surface area contributed by atoms with Crippen molar-refractivity contribution in [2.75, 3.05) is 0 Å². The van der Waals surface area contributed by atoms with Crippen LogP contribution >= 0.6 is 0 Å². The lowest BCUT2D eigenvalue weighted by Crippen LogP contribution is -2.59. The summed E-state index contributed by atoms with van der Waals surface area (Å²) < 4.78 is 37.7. The van der Waals surface area contributed by atoms with Crippen molar-refractivity contribution in [3.63, 3.8) is 0 Å². The number of hydrogen-bond acceptors (Lipinski definition) is 12. The van der Waals surface area contributed by atoms with E-state index in [2.05, 4.69) is 0 Å². The Kier molecular flexibility index (Phi) is 7.61. The van der Waals surface area contributed by atoms with E-state index < -0.39 is 107 Å². The van der Waals surface area contributed by atoms with Gasteiger partial charge >= 0.3 is 11.9 Å². The topological polar surface area (TPSA) is 183 Å². The number of alkyl halides is 1. The zero-order valence-corrected chi connectivity index (χ0v) is 23.6. The van der Waals surface area contributed by atoms with Crippen LogP contribution in [0.4, 0.5) is 4.39 Å². The molecule has 43 heavy (non-hydrogen) atoms. The number of aliphatic hydroxyl groups is 1. The standard InChI is InChI=1S/C30H29FO12/c1-11-27(41-13(3)33)28(42-14(4)34)22(31)29(40-11)43-18-10-30(39,12(2)32)9-17-19(18)26(38)21-20(25(17)37)23(35)15-7-5-6-8-16(15)24(21)36/h5-8,11,18,22,27-29,37-39H,9-10H2,1-4H3/t11?,18-,22?,27?,28?,29?,30+/m1/s1. The molecule has 3 N–H and O–H groups in total. The first-order valence-electron chi connectivity index (χ1n) is 13.5. The van der Waals surface area contributed by atoms with Crippen LogP contribution in [0.5, 0.6) is 11.5 Å². The van der Waals surface area contributed by atoms with Crippen LogP contribution in [-0.2, 0) is 39.8 Å². The Morgan fingerprint density at radius 3 is 2.00 bits per heavy atom. The number of Topliss-reactive ketones (excluding diaryl/α,β-unsaturated/α-hetero) is 1. The van der Waals surface area contributed by atoms with Gasteiger partial charge in [-0.2, -0.15) is 0 Å². The van der Waals surface area contributed by atoms with Crippen molar-refractivity contribution in [3.8, 4) is 11.5 Å². The molecular weight excluding hydrogens is 571 g/mol. The summed E-state index contributed by atoms with van der Waals surface area (Å²) in [4.78, 5) is 62.9. The number of esters is 2. The summed E-state index contributed by atoms with van der Waals surface area (Å²) >= 11 is 0. The van der Waals surface area contributed by atoms with Crippen LogP contribution in [0.25, 0.3) is 0 Å². The van der Waals surface area contributed by atoms with Gasteiger partial charge in [-0.15, -0.1) is 0 Å². The van der Waals surface area contributed by atoms with E-state index in [1.54, 1.807) is 0 Å². The molecule has 1 fully saturated rings. The second-order valence-corrected chi connectivity index (χ2v) is 10.9. The molecule has 0 amide bonds. The van der Waals surface area contributed by atoms with Gasteiger partial charge in [0.25, 0.3) is 0 Å². The monoisotopic (exact) mass is 600 g/mol. The van der Waals surface area contributed by atoms with Gasteiger partial charge < -0.3 is 34.3 Å². The number of phenolic OH excluding ortho intramolecular Hbond substituents is 2. The molecule has 2 aliphatic carbocycles. The number of carbonyl (C=O) groups is 5. The Morgan fingerprint density at radius 1 is 0.930 bits per heavy atom. The smallest absolute Gasteiger partial charge is 0.303 e. The van der Waals surface area contributed by atoms with Crippen molar-refractivity contribution >= 4 is 29.3 Å². The quantitative estimate of drug-likeness (QED) is 0.287. The Hall–Kier alpha value is -4.20. The minimum atomic E-state index is -2.27. The highest BCUT2D eigenvalue weighted by atomic mass is 19.1. The van der Waals surface area contributed by atoms with Gasteiger partial charge in [0.1, 0.15) is 17.1 Å². The summed E-state index contributed by atoms with van der Waals surface area (Å²) in [6, 6.07) is 5.82. The van der Waals surface area contributed by atoms with E-state index in [0.717, 1.165) is 20.8 Å². The molecule has 0 spiro atoms. The minimum absolute atomic E-state index is 0.0104. The van der Waals surface area contributed by atoms with Gasteiger partial charge in [-0.3, -0.25) is 24.0 Å². The number of rotatable bonds is 5. The van der Waals surface area contributed by atoms with Crippen LogP contribution in [0, 0.1) is 0 Å². The second-order valence-electron chi connectivity index (χ2n) is 10.9. The van der Waals surface area contributed by atoms with E-state index >= 15 is 4.39 Å². The van der Waals surface area contributed by atoms with E-state index in [1.807, 2.05) is 0 Å². The van der Waals surface area contributed by atoms with Gasteiger partial charge in [0.05, 0.1) is 23.3 Å². The minimum Gasteiger partial charge on any atom is -0.507 e. The molecule has 5 rings (SSSR count). The van der Waals surface area contributed by atoms with Gasteiger partial charge in [-0.1, -0.05) is 24.3 Å². The number of halogens is 1. The van der Waals surface area contributed by atoms with Crippen LogP contribution in [0.2, 0.25) is 0 Å². The van der Waals surface area contributed by atoms with Crippen LogP contribution in [-0.4, -0.2) is 81.0 Å². The predicted molar refractivity (Wildman–Crippen MR) is 141 cm³/mol. The number of benzene rings is 2. The van der Waals surface area contributed by atoms with E-state index in [9.17, 15) is 39.3 Å². The molecule has 1 heterocycles. The molecule has 0 radical (unpaired) electrons. The van der Waals surface area contributed by atoms with Crippen molar-refractivity contribution in [1.82, 2.24) is 0 Å². The maximum atomic E-state index is 15.9. The Balaban J connectivity index is 1.62. The number of aromatic hydroxyl groups is 2. The molecule has 1 saturated heterocycles. The van der Waals surface area contributed by atoms with Crippen LogP contribution < -0.4 is 0 Å². The molecule has 1 aliphatic heterocycles. The van der Waals surface area contributed by atoms with Crippen LogP contribution in [0.3, 0.4) is 0 Å². The summed E-state index contributed by atoms with van der Waals surface area (Å²) in [5.74, 6) is -5.45. The fraction of sp³-hybridized carbons (Fsp3) is 0.433. The van der Waals surface area contributed by atoms with Crippen molar-refractivity contribution in [3.05, 3.63) is 57.6 Å². The lowest BCUT2D eigenvalue weighted by molar-refractivity contribution is -0.298. The van der Waals surface area contributed by atoms with Crippen molar-refractivity contribution in [2.24, 2.45) is 0 Å². The molecule has 12 nitrogen and oxygen atoms in total. The Labute approximate surface area is 244 Å². The lowest BCUT2D eigenvalue weighted by atomic mass is 9.72. The molecule has 0 saturated carbocycles. The van der Waals surface area contributed by atoms with Gasteiger partial charge in [-0.25, -0.2) is 4.39 Å². The van der Waals surface area contributed by atoms with E-state index in [1.165, 1.54) is 31.2 Å². The number of phenols is 2. The highest BCUT2D eigenvalue weighted by Gasteiger charge is 2.53. The highest BCUT2D eigenvalue weighted by molar-refractivity contribution is 6.30. The zero-order chi connectivity index (χ0) is 31.5. The second kappa shape index (κ2) is 10.8. The number of ether oxygens (including phenoxy) is 4. The van der Waals surface area contributed by atoms with Crippen LogP contribution in [0.15, 0.2) is 24.3 Å². The average molecular weight is 601 g/mol. The van der Waals surface area contributed by atoms with Gasteiger partial charge in [0.2, 0.25) is 0 Å². The van der Waals surface area contributed by atoms with Crippen LogP contribution in [0.1, 0.15) is 83.2 Å². The van der Waals surface area contributed by atoms with Crippen molar-refractivity contribution < 1.29 is 62.6 Å². The van der Waals surface area contributed by atoms with Gasteiger partial charge in [0.15, 0.2) is 42.0 Å². The molecule has 13 heteroatoms. The molecule has 5 unspecified atom stereocenters. The summed E-state index contributed by atoms with van der Waals surface area (Å²) in [6.07, 6.45) is -10.9. The van der Waals surface area contributed by atoms with E-state index in [4.69, 9.17) is 18.9 Å². The lowest BCUT2D eigenvalue weighted by Gasteiger charge is -2.44. The number of fused-ring (bicyclic) bond motifs is 3. The third-order valence-electron chi connectivity index (χ3n) is 8.04. The molecule has 2 aromatic rings. The first-order chi connectivity index (χ1) is 20.2. The third-order valence-corrected chi connectivity index (χ3v) is 8.04. The normalized spacial score (nSPS) is 29.6. The van der Waals surface area contributed by atoms with Gasteiger partial charge in [0, 0.05) is 48.9 Å². The summed E-state index contributed by atoms with van der Waals surface area (Å²) in [5.41, 5.74) is -3.74. The fourth-order valence-corrected chi connectivity index (χ4v) is 5.98. The van der Waals surface area contributed by atoms with E-state index in [0.29, 0.717) is 0 Å². The average Bonchev–Trinajstić information content (AvgIpc) is 2.93. The highest BCUT2D eigenvalue weighted by Crippen LogP contribution is 2.52. The Morgan fingerprint density at radius 2 is 1.47 bits per heavy atom.